The van der Waals surface area contributed by atoms with Gasteiger partial charge in [-0.25, -0.2) is 0 Å². The van der Waals surface area contributed by atoms with Crippen molar-refractivity contribution < 1.29 is 19.1 Å². The quantitative estimate of drug-likeness (QED) is 0.809. The highest BCUT2D eigenvalue weighted by Crippen LogP contribution is 2.26. The number of benzene rings is 2. The summed E-state index contributed by atoms with van der Waals surface area (Å²) in [5, 5.41) is 2.85. The lowest BCUT2D eigenvalue weighted by molar-refractivity contribution is -0.132. The molecule has 0 aromatic heterocycles. The molecule has 0 radical (unpaired) electrons. The molecule has 26 heavy (non-hydrogen) atoms. The zero-order chi connectivity index (χ0) is 18.5. The van der Waals surface area contributed by atoms with Gasteiger partial charge in [0.25, 0.3) is 0 Å². The summed E-state index contributed by atoms with van der Waals surface area (Å²) in [5.74, 6) is 0.258. The number of hydrogen-bond donors (Lipinski definition) is 1. The summed E-state index contributed by atoms with van der Waals surface area (Å²) < 4.78 is 10.5. The Bertz CT molecular complexity index is 792. The Morgan fingerprint density at radius 3 is 2.62 bits per heavy atom. The molecule has 3 rings (SSSR count). The summed E-state index contributed by atoms with van der Waals surface area (Å²) in [5.41, 5.74) is 1.62. The molecule has 2 amide bonds. The van der Waals surface area contributed by atoms with Crippen LogP contribution in [0, 0.1) is 5.92 Å². The first-order valence-corrected chi connectivity index (χ1v) is 8.49. The van der Waals surface area contributed by atoms with E-state index < -0.39 is 5.92 Å². The van der Waals surface area contributed by atoms with Crippen LogP contribution in [0.3, 0.4) is 0 Å². The maximum Gasteiger partial charge on any atom is 0.239 e. The Hall–Kier alpha value is -3.02. The van der Waals surface area contributed by atoms with Gasteiger partial charge in [0.1, 0.15) is 17.4 Å². The van der Waals surface area contributed by atoms with Crippen molar-refractivity contribution in [1.29, 1.82) is 0 Å². The highest BCUT2D eigenvalue weighted by molar-refractivity contribution is 6.09. The summed E-state index contributed by atoms with van der Waals surface area (Å²) in [6.45, 7) is 0.817. The summed E-state index contributed by atoms with van der Waals surface area (Å²) in [7, 11) is 3.16. The van der Waals surface area contributed by atoms with E-state index >= 15 is 0 Å². The molecule has 1 N–H and O–H groups in total. The van der Waals surface area contributed by atoms with E-state index in [9.17, 15) is 9.59 Å². The van der Waals surface area contributed by atoms with Gasteiger partial charge in [-0.1, -0.05) is 18.2 Å². The molecule has 0 bridgehead atoms. The van der Waals surface area contributed by atoms with E-state index in [4.69, 9.17) is 9.47 Å². The van der Waals surface area contributed by atoms with E-state index in [1.807, 2.05) is 36.4 Å². The van der Waals surface area contributed by atoms with Crippen molar-refractivity contribution in [2.24, 2.45) is 5.92 Å². The zero-order valence-electron chi connectivity index (χ0n) is 14.9. The maximum atomic E-state index is 12.6. The molecule has 2 aromatic rings. The van der Waals surface area contributed by atoms with Crippen LogP contribution < -0.4 is 19.7 Å². The third kappa shape index (κ3) is 3.64. The van der Waals surface area contributed by atoms with Crippen molar-refractivity contribution in [1.82, 2.24) is 5.32 Å². The summed E-state index contributed by atoms with van der Waals surface area (Å²) in [4.78, 5) is 26.8. The van der Waals surface area contributed by atoms with Crippen molar-refractivity contribution in [2.75, 3.05) is 25.7 Å². The van der Waals surface area contributed by atoms with Gasteiger partial charge in [-0.2, -0.15) is 0 Å². The minimum atomic E-state index is -0.660. The van der Waals surface area contributed by atoms with Crippen LogP contribution in [0.2, 0.25) is 0 Å². The predicted molar refractivity (Wildman–Crippen MR) is 98.3 cm³/mol. The minimum Gasteiger partial charge on any atom is -0.497 e. The molecule has 0 aliphatic carbocycles. The van der Waals surface area contributed by atoms with E-state index in [1.54, 1.807) is 31.3 Å². The fourth-order valence-corrected chi connectivity index (χ4v) is 3.11. The average Bonchev–Trinajstić information content (AvgIpc) is 3.08. The van der Waals surface area contributed by atoms with Crippen molar-refractivity contribution >= 4 is 17.5 Å². The average molecular weight is 354 g/mol. The van der Waals surface area contributed by atoms with Crippen LogP contribution in [-0.2, 0) is 16.1 Å². The number of carbonyl (C=O) groups excluding carboxylic acids is 2. The van der Waals surface area contributed by atoms with Gasteiger partial charge < -0.3 is 19.7 Å². The minimum absolute atomic E-state index is 0.161. The predicted octanol–water partition coefficient (Wildman–Crippen LogP) is 2.37. The molecule has 1 heterocycles. The van der Waals surface area contributed by atoms with Crippen molar-refractivity contribution in [3.8, 4) is 11.5 Å². The summed E-state index contributed by atoms with van der Waals surface area (Å²) in [6.07, 6.45) is 0.509. The Balaban J connectivity index is 1.65. The van der Waals surface area contributed by atoms with Gasteiger partial charge in [-0.05, 0) is 36.8 Å². The van der Waals surface area contributed by atoms with Crippen LogP contribution in [-0.4, -0.2) is 32.6 Å². The Morgan fingerprint density at radius 1 is 1.15 bits per heavy atom. The number of nitrogens with zero attached hydrogens (tertiary/aromatic N) is 1. The van der Waals surface area contributed by atoms with Gasteiger partial charge in [0.05, 0.1) is 14.2 Å². The number of carbonyl (C=O) groups is 2. The fraction of sp³-hybridized carbons (Fsp3) is 0.300. The first-order chi connectivity index (χ1) is 12.6. The zero-order valence-corrected chi connectivity index (χ0v) is 14.9. The molecular formula is C20H22N2O4. The third-order valence-corrected chi connectivity index (χ3v) is 4.53. The van der Waals surface area contributed by atoms with E-state index in [1.165, 1.54) is 0 Å². The molecule has 0 unspecified atom stereocenters. The van der Waals surface area contributed by atoms with Gasteiger partial charge in [0.15, 0.2) is 0 Å². The lowest BCUT2D eigenvalue weighted by Gasteiger charge is -2.17. The number of para-hydroxylation sites is 1. The number of nitrogens with one attached hydrogen (secondary N) is 1. The van der Waals surface area contributed by atoms with E-state index in [0.29, 0.717) is 24.5 Å². The first-order valence-electron chi connectivity index (χ1n) is 8.49. The highest BCUT2D eigenvalue weighted by Gasteiger charge is 2.37. The number of methoxy groups -OCH3 is 2. The molecule has 1 aliphatic heterocycles. The number of ether oxygens (including phenoxy) is 2. The molecule has 1 atom stereocenters. The largest absolute Gasteiger partial charge is 0.497 e. The van der Waals surface area contributed by atoms with Crippen LogP contribution in [0.25, 0.3) is 0 Å². The molecule has 1 fully saturated rings. The molecular weight excluding hydrogens is 332 g/mol. The summed E-state index contributed by atoms with van der Waals surface area (Å²) >= 11 is 0. The number of anilines is 1. The second kappa shape index (κ2) is 7.91. The van der Waals surface area contributed by atoms with Crippen molar-refractivity contribution in [2.45, 2.75) is 13.0 Å². The van der Waals surface area contributed by atoms with Crippen LogP contribution in [0.5, 0.6) is 11.5 Å². The van der Waals surface area contributed by atoms with Crippen LogP contribution in [0.4, 0.5) is 5.69 Å². The monoisotopic (exact) mass is 354 g/mol. The van der Waals surface area contributed by atoms with Crippen LogP contribution >= 0.6 is 0 Å². The third-order valence-electron chi connectivity index (χ3n) is 4.53. The van der Waals surface area contributed by atoms with Crippen molar-refractivity contribution in [3.05, 3.63) is 54.1 Å². The summed E-state index contributed by atoms with van der Waals surface area (Å²) in [6, 6.07) is 14.8. The molecule has 6 nitrogen and oxygen atoms in total. The van der Waals surface area contributed by atoms with Gasteiger partial charge in [0.2, 0.25) is 11.8 Å². The molecule has 0 saturated carbocycles. The van der Waals surface area contributed by atoms with Gasteiger partial charge >= 0.3 is 0 Å². The lowest BCUT2D eigenvalue weighted by atomic mass is 10.1. The topological polar surface area (TPSA) is 67.9 Å². The standard InChI is InChI=1S/C20H22N2O4/c1-25-16-8-9-18(26-2)14(12-16)13-21-19(23)17-10-11-22(20(17)24)15-6-4-3-5-7-15/h3-9,12,17H,10-11,13H2,1-2H3,(H,21,23)/t17-/m0/s1. The molecule has 2 aromatic carbocycles. The van der Waals surface area contributed by atoms with Gasteiger partial charge in [-0.3, -0.25) is 9.59 Å². The molecule has 136 valence electrons. The van der Waals surface area contributed by atoms with Gasteiger partial charge in [0, 0.05) is 24.3 Å². The molecule has 1 aliphatic rings. The molecule has 0 spiro atoms. The highest BCUT2D eigenvalue weighted by atomic mass is 16.5. The normalized spacial score (nSPS) is 16.5. The smallest absolute Gasteiger partial charge is 0.239 e. The number of amides is 2. The number of hydrogen-bond acceptors (Lipinski definition) is 4. The maximum absolute atomic E-state index is 12.6. The van der Waals surface area contributed by atoms with Crippen LogP contribution in [0.15, 0.2) is 48.5 Å². The molecule has 1 saturated heterocycles. The van der Waals surface area contributed by atoms with E-state index in [2.05, 4.69) is 5.32 Å². The van der Waals surface area contributed by atoms with Crippen LogP contribution in [0.1, 0.15) is 12.0 Å². The Kier molecular flexibility index (Phi) is 5.41. The molecule has 6 heteroatoms. The Labute approximate surface area is 152 Å². The second-order valence-corrected chi connectivity index (χ2v) is 6.06. The van der Waals surface area contributed by atoms with Gasteiger partial charge in [-0.15, -0.1) is 0 Å². The SMILES string of the molecule is COc1ccc(OC)c(CNC(=O)[C@@H]2CCN(c3ccccc3)C2=O)c1. The van der Waals surface area contributed by atoms with Crippen molar-refractivity contribution in [3.63, 3.8) is 0 Å². The number of rotatable bonds is 6. The van der Waals surface area contributed by atoms with E-state index in [0.717, 1.165) is 11.3 Å². The second-order valence-electron chi connectivity index (χ2n) is 6.06. The Morgan fingerprint density at radius 2 is 1.92 bits per heavy atom. The van der Waals surface area contributed by atoms with E-state index in [-0.39, 0.29) is 18.4 Å². The first kappa shape index (κ1) is 17.8. The lowest BCUT2D eigenvalue weighted by Crippen LogP contribution is -2.36. The fourth-order valence-electron chi connectivity index (χ4n) is 3.11.